The van der Waals surface area contributed by atoms with Gasteiger partial charge < -0.3 is 9.88 Å². The highest BCUT2D eigenvalue weighted by Crippen LogP contribution is 2.20. The first-order valence-corrected chi connectivity index (χ1v) is 8.23. The van der Waals surface area contributed by atoms with E-state index in [1.54, 1.807) is 13.0 Å². The molecule has 1 aromatic heterocycles. The summed E-state index contributed by atoms with van der Waals surface area (Å²) in [7, 11) is 0. The van der Waals surface area contributed by atoms with Gasteiger partial charge in [0, 0.05) is 23.6 Å². The average Bonchev–Trinajstić information content (AvgIpc) is 2.83. The van der Waals surface area contributed by atoms with E-state index in [4.69, 9.17) is 0 Å². The minimum atomic E-state index is -0.502. The van der Waals surface area contributed by atoms with E-state index < -0.39 is 5.91 Å². The van der Waals surface area contributed by atoms with Gasteiger partial charge in [-0.05, 0) is 68.7 Å². The van der Waals surface area contributed by atoms with Gasteiger partial charge in [0.1, 0.15) is 17.5 Å². The summed E-state index contributed by atoms with van der Waals surface area (Å²) in [6, 6.07) is 8.03. The van der Waals surface area contributed by atoms with E-state index in [0.29, 0.717) is 11.3 Å². The number of aryl methyl sites for hydroxylation is 2. The number of nitrogens with zero attached hydrogens (tertiary/aromatic N) is 2. The molecule has 1 aromatic carbocycles. The first-order chi connectivity index (χ1) is 11.9. The average molecular weight is 339 g/mol. The molecule has 0 aliphatic carbocycles. The summed E-state index contributed by atoms with van der Waals surface area (Å²) in [4.78, 5) is 12.4. The van der Waals surface area contributed by atoms with Crippen molar-refractivity contribution in [3.05, 3.63) is 58.2 Å². The number of carbonyl (C=O) groups excluding carboxylic acids is 1. The Morgan fingerprint density at radius 3 is 2.64 bits per heavy atom. The standard InChI is InChI=1S/C20H22FN3O/c1-5-8-24-14(3)10-16(15(24)4)11-17(12-22)20(25)23-19-7-6-18(21)9-13(19)2/h6-7,9-11H,5,8H2,1-4H3,(H,23,25)/b17-11+. The number of anilines is 1. The van der Waals surface area contributed by atoms with Gasteiger partial charge in [-0.1, -0.05) is 6.92 Å². The summed E-state index contributed by atoms with van der Waals surface area (Å²) in [5.74, 6) is -0.868. The van der Waals surface area contributed by atoms with Crippen LogP contribution in [0.3, 0.4) is 0 Å². The van der Waals surface area contributed by atoms with Crippen molar-refractivity contribution in [2.45, 2.75) is 40.7 Å². The lowest BCUT2D eigenvalue weighted by Gasteiger charge is -2.08. The van der Waals surface area contributed by atoms with E-state index in [1.807, 2.05) is 26.0 Å². The maximum absolute atomic E-state index is 13.2. The van der Waals surface area contributed by atoms with Crippen molar-refractivity contribution in [1.29, 1.82) is 5.26 Å². The molecular formula is C20H22FN3O. The monoisotopic (exact) mass is 339 g/mol. The number of hydrogen-bond acceptors (Lipinski definition) is 2. The number of halogens is 1. The van der Waals surface area contributed by atoms with Crippen LogP contribution in [-0.4, -0.2) is 10.5 Å². The van der Waals surface area contributed by atoms with Gasteiger partial charge in [-0.2, -0.15) is 5.26 Å². The fourth-order valence-corrected chi connectivity index (χ4v) is 2.80. The van der Waals surface area contributed by atoms with Gasteiger partial charge in [0.05, 0.1) is 0 Å². The quantitative estimate of drug-likeness (QED) is 0.644. The van der Waals surface area contributed by atoms with Crippen molar-refractivity contribution in [2.75, 3.05) is 5.32 Å². The van der Waals surface area contributed by atoms with Crippen molar-refractivity contribution in [1.82, 2.24) is 4.57 Å². The number of amides is 1. The van der Waals surface area contributed by atoms with Gasteiger partial charge in [0.25, 0.3) is 5.91 Å². The van der Waals surface area contributed by atoms with Gasteiger partial charge in [-0.15, -0.1) is 0 Å². The van der Waals surface area contributed by atoms with Crippen LogP contribution in [0.25, 0.3) is 6.08 Å². The van der Waals surface area contributed by atoms with Crippen molar-refractivity contribution >= 4 is 17.7 Å². The number of nitrogens with one attached hydrogen (secondary N) is 1. The Kier molecular flexibility index (Phi) is 5.76. The van der Waals surface area contributed by atoms with Crippen molar-refractivity contribution in [2.24, 2.45) is 0 Å². The molecule has 0 saturated heterocycles. The van der Waals surface area contributed by atoms with Crippen LogP contribution in [0.1, 0.15) is 35.9 Å². The lowest BCUT2D eigenvalue weighted by Crippen LogP contribution is -2.14. The van der Waals surface area contributed by atoms with Gasteiger partial charge >= 0.3 is 0 Å². The Balaban J connectivity index is 2.30. The van der Waals surface area contributed by atoms with Gasteiger partial charge in [-0.25, -0.2) is 4.39 Å². The molecule has 0 radical (unpaired) electrons. The Labute approximate surface area is 147 Å². The lowest BCUT2D eigenvalue weighted by molar-refractivity contribution is -0.112. The first-order valence-electron chi connectivity index (χ1n) is 8.23. The van der Waals surface area contributed by atoms with Gasteiger partial charge in [0.15, 0.2) is 0 Å². The number of rotatable bonds is 5. The molecule has 4 nitrogen and oxygen atoms in total. The van der Waals surface area contributed by atoms with Crippen LogP contribution in [0.15, 0.2) is 29.8 Å². The molecule has 2 rings (SSSR count). The summed E-state index contributed by atoms with van der Waals surface area (Å²) in [6.07, 6.45) is 2.61. The van der Waals surface area contributed by atoms with Gasteiger partial charge in [-0.3, -0.25) is 4.79 Å². The SMILES string of the molecule is CCCn1c(C)cc(/C=C(\C#N)C(=O)Nc2ccc(F)cc2C)c1C. The van der Waals surface area contributed by atoms with E-state index in [2.05, 4.69) is 16.8 Å². The summed E-state index contributed by atoms with van der Waals surface area (Å²) in [5, 5.41) is 12.0. The van der Waals surface area contributed by atoms with Crippen LogP contribution in [0.4, 0.5) is 10.1 Å². The maximum Gasteiger partial charge on any atom is 0.266 e. The third-order valence-electron chi connectivity index (χ3n) is 4.16. The highest BCUT2D eigenvalue weighted by Gasteiger charge is 2.14. The van der Waals surface area contributed by atoms with Crippen molar-refractivity contribution in [3.8, 4) is 6.07 Å². The lowest BCUT2D eigenvalue weighted by atomic mass is 10.1. The second-order valence-corrected chi connectivity index (χ2v) is 6.06. The van der Waals surface area contributed by atoms with E-state index in [9.17, 15) is 14.4 Å². The molecule has 0 bridgehead atoms. The molecule has 25 heavy (non-hydrogen) atoms. The zero-order valence-electron chi connectivity index (χ0n) is 15.0. The Hall–Kier alpha value is -2.87. The summed E-state index contributed by atoms with van der Waals surface area (Å²) < 4.78 is 15.3. The molecule has 1 heterocycles. The molecule has 0 aliphatic heterocycles. The molecule has 0 saturated carbocycles. The molecule has 130 valence electrons. The molecular weight excluding hydrogens is 317 g/mol. The van der Waals surface area contributed by atoms with Crippen molar-refractivity contribution in [3.63, 3.8) is 0 Å². The normalized spacial score (nSPS) is 11.3. The molecule has 2 aromatic rings. The third-order valence-corrected chi connectivity index (χ3v) is 4.16. The van der Waals surface area contributed by atoms with E-state index in [-0.39, 0.29) is 11.4 Å². The van der Waals surface area contributed by atoms with Crippen LogP contribution >= 0.6 is 0 Å². The molecule has 1 N–H and O–H groups in total. The molecule has 0 fully saturated rings. The second kappa shape index (κ2) is 7.80. The number of hydrogen-bond donors (Lipinski definition) is 1. The van der Waals surface area contributed by atoms with Crippen LogP contribution in [-0.2, 0) is 11.3 Å². The zero-order chi connectivity index (χ0) is 18.6. The fourth-order valence-electron chi connectivity index (χ4n) is 2.80. The summed E-state index contributed by atoms with van der Waals surface area (Å²) in [6.45, 7) is 8.69. The molecule has 5 heteroatoms. The topological polar surface area (TPSA) is 57.8 Å². The minimum Gasteiger partial charge on any atom is -0.349 e. The minimum absolute atomic E-state index is 0.0143. The smallest absolute Gasteiger partial charge is 0.266 e. The molecule has 0 atom stereocenters. The highest BCUT2D eigenvalue weighted by molar-refractivity contribution is 6.10. The van der Waals surface area contributed by atoms with Crippen LogP contribution in [0, 0.1) is 37.9 Å². The zero-order valence-corrected chi connectivity index (χ0v) is 15.0. The number of benzene rings is 1. The third kappa shape index (κ3) is 4.16. The van der Waals surface area contributed by atoms with Crippen LogP contribution in [0.2, 0.25) is 0 Å². The fraction of sp³-hybridized carbons (Fsp3) is 0.300. The predicted molar refractivity (Wildman–Crippen MR) is 97.6 cm³/mol. The Morgan fingerprint density at radius 2 is 2.04 bits per heavy atom. The molecule has 0 unspecified atom stereocenters. The second-order valence-electron chi connectivity index (χ2n) is 6.06. The van der Waals surface area contributed by atoms with Crippen LogP contribution in [0.5, 0.6) is 0 Å². The Bertz CT molecular complexity index is 872. The number of nitriles is 1. The first kappa shape index (κ1) is 18.5. The molecule has 0 aliphatic rings. The van der Waals surface area contributed by atoms with E-state index in [0.717, 1.165) is 29.9 Å². The summed E-state index contributed by atoms with van der Waals surface area (Å²) >= 11 is 0. The van der Waals surface area contributed by atoms with Crippen molar-refractivity contribution < 1.29 is 9.18 Å². The molecule has 0 spiro atoms. The molecule has 1 amide bonds. The van der Waals surface area contributed by atoms with Gasteiger partial charge in [0.2, 0.25) is 0 Å². The number of carbonyl (C=O) groups is 1. The van der Waals surface area contributed by atoms with E-state index in [1.165, 1.54) is 18.2 Å². The summed E-state index contributed by atoms with van der Waals surface area (Å²) in [5.41, 5.74) is 4.08. The predicted octanol–water partition coefficient (Wildman–Crippen LogP) is 4.51. The largest absolute Gasteiger partial charge is 0.349 e. The number of aromatic nitrogens is 1. The Morgan fingerprint density at radius 1 is 1.32 bits per heavy atom. The van der Waals surface area contributed by atoms with E-state index >= 15 is 0 Å². The van der Waals surface area contributed by atoms with Crippen LogP contribution < -0.4 is 5.32 Å². The highest BCUT2D eigenvalue weighted by atomic mass is 19.1. The maximum atomic E-state index is 13.2.